The van der Waals surface area contributed by atoms with Crippen molar-refractivity contribution < 1.29 is 4.79 Å². The molecule has 0 bridgehead atoms. The van der Waals surface area contributed by atoms with Crippen molar-refractivity contribution in [2.45, 2.75) is 38.1 Å². The minimum absolute atomic E-state index is 0.226. The lowest BCUT2D eigenvalue weighted by Crippen LogP contribution is -2.31. The number of hydrogen-bond donors (Lipinski definition) is 2. The molecule has 0 amide bonds. The summed E-state index contributed by atoms with van der Waals surface area (Å²) >= 11 is 0. The third-order valence-electron chi connectivity index (χ3n) is 4.92. The molecule has 4 rings (SSSR count). The first-order valence-electron chi connectivity index (χ1n) is 8.45. The third kappa shape index (κ3) is 2.55. The number of carbonyl (C=O) groups excluding carboxylic acids is 1. The van der Waals surface area contributed by atoms with Gasteiger partial charge in [0.2, 0.25) is 0 Å². The summed E-state index contributed by atoms with van der Waals surface area (Å²) in [6.45, 7) is 2.03. The van der Waals surface area contributed by atoms with Crippen LogP contribution in [0.3, 0.4) is 0 Å². The maximum absolute atomic E-state index is 12.6. The highest BCUT2D eigenvalue weighted by molar-refractivity contribution is 6.03. The Kier molecular flexibility index (Phi) is 3.65. The fraction of sp³-hybridized carbons (Fsp3) is 0.444. The fourth-order valence-electron chi connectivity index (χ4n) is 3.78. The minimum atomic E-state index is 0.226. The average molecular weight is 310 g/mol. The van der Waals surface area contributed by atoms with E-state index in [0.717, 1.165) is 61.3 Å². The van der Waals surface area contributed by atoms with Gasteiger partial charge in [0.25, 0.3) is 0 Å². The second-order valence-electron chi connectivity index (χ2n) is 6.50. The number of anilines is 1. The summed E-state index contributed by atoms with van der Waals surface area (Å²) in [5, 5.41) is 8.28. The van der Waals surface area contributed by atoms with Gasteiger partial charge in [-0.2, -0.15) is 5.10 Å². The molecule has 120 valence electrons. The Bertz CT molecular complexity index is 743. The van der Waals surface area contributed by atoms with E-state index in [1.165, 1.54) is 0 Å². The molecule has 1 aromatic heterocycles. The zero-order valence-electron chi connectivity index (χ0n) is 13.2. The maximum Gasteiger partial charge on any atom is 0.166 e. The molecule has 0 unspecified atom stereocenters. The summed E-state index contributed by atoms with van der Waals surface area (Å²) in [6.07, 6.45) is 4.64. The standard InChI is InChI=1S/C18H22N4O/c19-13-4-1-3-12(11-13)18-17-15(5-2-6-16(17)23)22(21-18)14-7-9-20-10-8-14/h1,3-4,11,14,20H,2,5-10,19H2. The molecule has 5 nitrogen and oxygen atoms in total. The summed E-state index contributed by atoms with van der Waals surface area (Å²) in [7, 11) is 0. The number of aromatic nitrogens is 2. The van der Waals surface area contributed by atoms with Gasteiger partial charge in [0, 0.05) is 17.7 Å². The summed E-state index contributed by atoms with van der Waals surface area (Å²) in [5.74, 6) is 0.226. The van der Waals surface area contributed by atoms with E-state index in [1.807, 2.05) is 24.3 Å². The average Bonchev–Trinajstić information content (AvgIpc) is 2.97. The summed E-state index contributed by atoms with van der Waals surface area (Å²) in [5.41, 5.74) is 10.4. The van der Waals surface area contributed by atoms with Gasteiger partial charge in [0.05, 0.1) is 17.3 Å². The predicted octanol–water partition coefficient (Wildman–Crippen LogP) is 2.58. The quantitative estimate of drug-likeness (QED) is 0.836. The highest BCUT2D eigenvalue weighted by Crippen LogP contribution is 2.34. The molecule has 2 heterocycles. The summed E-state index contributed by atoms with van der Waals surface area (Å²) < 4.78 is 2.14. The normalized spacial score (nSPS) is 18.9. The highest BCUT2D eigenvalue weighted by Gasteiger charge is 2.30. The Morgan fingerprint density at radius 3 is 2.83 bits per heavy atom. The molecule has 2 aliphatic rings. The third-order valence-corrected chi connectivity index (χ3v) is 4.92. The molecule has 1 fully saturated rings. The van der Waals surface area contributed by atoms with Gasteiger partial charge in [0.1, 0.15) is 5.69 Å². The van der Waals surface area contributed by atoms with Gasteiger partial charge in [-0.3, -0.25) is 9.48 Å². The van der Waals surface area contributed by atoms with Gasteiger partial charge in [-0.25, -0.2) is 0 Å². The number of piperidine rings is 1. The number of benzene rings is 1. The molecule has 0 atom stereocenters. The molecule has 5 heteroatoms. The smallest absolute Gasteiger partial charge is 0.166 e. The van der Waals surface area contributed by atoms with Crippen LogP contribution in [0.5, 0.6) is 0 Å². The van der Waals surface area contributed by atoms with Crippen molar-refractivity contribution in [1.29, 1.82) is 0 Å². The van der Waals surface area contributed by atoms with Crippen molar-refractivity contribution >= 4 is 11.5 Å². The van der Waals surface area contributed by atoms with Crippen molar-refractivity contribution in [2.75, 3.05) is 18.8 Å². The van der Waals surface area contributed by atoms with Crippen molar-refractivity contribution in [2.24, 2.45) is 0 Å². The minimum Gasteiger partial charge on any atom is -0.399 e. The van der Waals surface area contributed by atoms with E-state index in [1.54, 1.807) is 0 Å². The number of nitrogens with one attached hydrogen (secondary N) is 1. The molecule has 1 aromatic carbocycles. The van der Waals surface area contributed by atoms with Gasteiger partial charge in [0.15, 0.2) is 5.78 Å². The van der Waals surface area contributed by atoms with E-state index in [0.29, 0.717) is 18.2 Å². The lowest BCUT2D eigenvalue weighted by Gasteiger charge is -2.25. The van der Waals surface area contributed by atoms with Gasteiger partial charge in [-0.1, -0.05) is 12.1 Å². The molecule has 23 heavy (non-hydrogen) atoms. The molecule has 1 saturated heterocycles. The molecule has 1 aliphatic heterocycles. The summed E-state index contributed by atoms with van der Waals surface area (Å²) in [4.78, 5) is 12.6. The second-order valence-corrected chi connectivity index (χ2v) is 6.50. The van der Waals surface area contributed by atoms with Crippen LogP contribution in [0.1, 0.15) is 47.8 Å². The van der Waals surface area contributed by atoms with E-state index in [2.05, 4.69) is 10.00 Å². The van der Waals surface area contributed by atoms with Crippen LogP contribution in [0, 0.1) is 0 Å². The number of hydrogen-bond acceptors (Lipinski definition) is 4. The molecule has 2 aromatic rings. The Hall–Kier alpha value is -2.14. The van der Waals surface area contributed by atoms with Crippen molar-refractivity contribution in [3.8, 4) is 11.3 Å². The first-order chi connectivity index (χ1) is 11.2. The molecule has 0 saturated carbocycles. The number of nitrogens with zero attached hydrogens (tertiary/aromatic N) is 2. The lowest BCUT2D eigenvalue weighted by atomic mass is 9.92. The van der Waals surface area contributed by atoms with E-state index < -0.39 is 0 Å². The number of rotatable bonds is 2. The fourth-order valence-corrected chi connectivity index (χ4v) is 3.78. The van der Waals surface area contributed by atoms with Gasteiger partial charge in [-0.15, -0.1) is 0 Å². The molecular formula is C18H22N4O. The topological polar surface area (TPSA) is 72.9 Å². The van der Waals surface area contributed by atoms with Gasteiger partial charge >= 0.3 is 0 Å². The van der Waals surface area contributed by atoms with Crippen LogP contribution in [0.4, 0.5) is 5.69 Å². The molecule has 3 N–H and O–H groups in total. The Morgan fingerprint density at radius 1 is 1.22 bits per heavy atom. The Labute approximate surface area is 135 Å². The van der Waals surface area contributed by atoms with Crippen LogP contribution in [0.15, 0.2) is 24.3 Å². The Balaban J connectivity index is 1.85. The number of fused-ring (bicyclic) bond motifs is 1. The number of Topliss-reactive ketones (excluding diaryl/α,β-unsaturated/α-hetero) is 1. The van der Waals surface area contributed by atoms with Crippen LogP contribution in [-0.2, 0) is 6.42 Å². The zero-order valence-corrected chi connectivity index (χ0v) is 13.2. The summed E-state index contributed by atoms with van der Waals surface area (Å²) in [6, 6.07) is 8.09. The Morgan fingerprint density at radius 2 is 2.04 bits per heavy atom. The first-order valence-corrected chi connectivity index (χ1v) is 8.45. The van der Waals surface area contributed by atoms with Crippen LogP contribution in [0.25, 0.3) is 11.3 Å². The lowest BCUT2D eigenvalue weighted by molar-refractivity contribution is 0.0972. The van der Waals surface area contributed by atoms with E-state index in [9.17, 15) is 4.79 Å². The highest BCUT2D eigenvalue weighted by atomic mass is 16.1. The number of ketones is 1. The molecule has 0 spiro atoms. The van der Waals surface area contributed by atoms with E-state index >= 15 is 0 Å². The van der Waals surface area contributed by atoms with Gasteiger partial charge < -0.3 is 11.1 Å². The number of nitrogens with two attached hydrogens (primary N) is 1. The zero-order chi connectivity index (χ0) is 15.8. The van der Waals surface area contributed by atoms with Crippen LogP contribution in [0.2, 0.25) is 0 Å². The van der Waals surface area contributed by atoms with Crippen molar-refractivity contribution in [3.63, 3.8) is 0 Å². The largest absolute Gasteiger partial charge is 0.399 e. The maximum atomic E-state index is 12.6. The molecule has 1 aliphatic carbocycles. The van der Waals surface area contributed by atoms with Crippen molar-refractivity contribution in [3.05, 3.63) is 35.5 Å². The number of carbonyl (C=O) groups is 1. The van der Waals surface area contributed by atoms with E-state index in [-0.39, 0.29) is 5.78 Å². The van der Waals surface area contributed by atoms with E-state index in [4.69, 9.17) is 10.8 Å². The monoisotopic (exact) mass is 310 g/mol. The van der Waals surface area contributed by atoms with Crippen LogP contribution >= 0.6 is 0 Å². The molecule has 0 radical (unpaired) electrons. The van der Waals surface area contributed by atoms with Crippen LogP contribution < -0.4 is 11.1 Å². The SMILES string of the molecule is Nc1cccc(-c2nn(C3CCNCC3)c3c2C(=O)CCC3)c1. The predicted molar refractivity (Wildman–Crippen MR) is 90.5 cm³/mol. The second kappa shape index (κ2) is 5.81. The van der Waals surface area contributed by atoms with Crippen molar-refractivity contribution in [1.82, 2.24) is 15.1 Å². The molecular weight excluding hydrogens is 288 g/mol. The van der Waals surface area contributed by atoms with Gasteiger partial charge in [-0.05, 0) is 50.9 Å². The number of nitrogen functional groups attached to an aromatic ring is 1. The first kappa shape index (κ1) is 14.5. The van der Waals surface area contributed by atoms with Crippen LogP contribution in [-0.4, -0.2) is 28.7 Å².